The SMILES string of the molecule is N[C@@H]1CN(C(=O)CCc2cc(Cl)no2)C[C@H]1c1ccccc1. The van der Waals surface area contributed by atoms with Gasteiger partial charge in [-0.05, 0) is 5.56 Å². The largest absolute Gasteiger partial charge is 0.360 e. The number of halogens is 1. The van der Waals surface area contributed by atoms with E-state index in [0.717, 1.165) is 0 Å². The molecule has 2 heterocycles. The van der Waals surface area contributed by atoms with E-state index in [2.05, 4.69) is 17.3 Å². The van der Waals surface area contributed by atoms with Gasteiger partial charge in [0.15, 0.2) is 5.15 Å². The standard InChI is InChI=1S/C16H18ClN3O2/c17-15-8-12(22-19-15)6-7-16(21)20-9-13(14(18)10-20)11-4-2-1-3-5-11/h1-5,8,13-14H,6-7,9-10,18H2/t13-,14+/m0/s1. The molecule has 0 radical (unpaired) electrons. The summed E-state index contributed by atoms with van der Waals surface area (Å²) in [5.74, 6) is 0.910. The van der Waals surface area contributed by atoms with E-state index in [0.29, 0.717) is 36.8 Å². The van der Waals surface area contributed by atoms with Crippen LogP contribution in [0.25, 0.3) is 0 Å². The van der Waals surface area contributed by atoms with Crippen molar-refractivity contribution in [1.82, 2.24) is 10.1 Å². The molecule has 2 aromatic rings. The van der Waals surface area contributed by atoms with Crippen molar-refractivity contribution in [3.05, 3.63) is 52.9 Å². The number of nitrogens with two attached hydrogens (primary N) is 1. The summed E-state index contributed by atoms with van der Waals surface area (Å²) in [6.07, 6.45) is 0.875. The third kappa shape index (κ3) is 3.31. The van der Waals surface area contributed by atoms with Gasteiger partial charge in [0.05, 0.1) is 0 Å². The molecule has 0 spiro atoms. The van der Waals surface area contributed by atoms with Crippen LogP contribution >= 0.6 is 11.6 Å². The van der Waals surface area contributed by atoms with E-state index in [4.69, 9.17) is 21.9 Å². The Morgan fingerprint density at radius 1 is 1.36 bits per heavy atom. The van der Waals surface area contributed by atoms with Gasteiger partial charge in [0.1, 0.15) is 5.76 Å². The molecule has 1 saturated heterocycles. The highest BCUT2D eigenvalue weighted by atomic mass is 35.5. The molecule has 1 fully saturated rings. The number of hydrogen-bond acceptors (Lipinski definition) is 4. The van der Waals surface area contributed by atoms with E-state index >= 15 is 0 Å². The minimum absolute atomic E-state index is 0.0222. The highest BCUT2D eigenvalue weighted by Gasteiger charge is 2.33. The molecular weight excluding hydrogens is 302 g/mol. The lowest BCUT2D eigenvalue weighted by Crippen LogP contribution is -2.32. The average molecular weight is 320 g/mol. The zero-order valence-electron chi connectivity index (χ0n) is 12.1. The molecule has 1 aromatic carbocycles. The van der Waals surface area contributed by atoms with Gasteiger partial charge in [0.25, 0.3) is 0 Å². The Morgan fingerprint density at radius 2 is 2.14 bits per heavy atom. The fraction of sp³-hybridized carbons (Fsp3) is 0.375. The summed E-state index contributed by atoms with van der Waals surface area (Å²) in [5, 5.41) is 3.92. The summed E-state index contributed by atoms with van der Waals surface area (Å²) in [6.45, 7) is 1.26. The Morgan fingerprint density at radius 3 is 2.82 bits per heavy atom. The fourth-order valence-electron chi connectivity index (χ4n) is 2.88. The molecule has 22 heavy (non-hydrogen) atoms. The third-order valence-electron chi connectivity index (χ3n) is 4.06. The molecule has 1 aliphatic rings. The quantitative estimate of drug-likeness (QED) is 0.937. The van der Waals surface area contributed by atoms with Crippen LogP contribution in [-0.4, -0.2) is 35.1 Å². The van der Waals surface area contributed by atoms with Crippen LogP contribution in [0.3, 0.4) is 0 Å². The predicted octanol–water partition coefficient (Wildman–Crippen LogP) is 2.21. The van der Waals surface area contributed by atoms with Gasteiger partial charge >= 0.3 is 0 Å². The van der Waals surface area contributed by atoms with Crippen molar-refractivity contribution in [2.24, 2.45) is 5.73 Å². The lowest BCUT2D eigenvalue weighted by Gasteiger charge is -2.16. The summed E-state index contributed by atoms with van der Waals surface area (Å²) in [4.78, 5) is 14.2. The molecule has 2 atom stereocenters. The Kier molecular flexibility index (Phi) is 4.45. The van der Waals surface area contributed by atoms with Crippen molar-refractivity contribution >= 4 is 17.5 Å². The second kappa shape index (κ2) is 6.50. The number of likely N-dealkylation sites (tertiary alicyclic amines) is 1. The van der Waals surface area contributed by atoms with E-state index in [1.165, 1.54) is 5.56 Å². The van der Waals surface area contributed by atoms with Crippen molar-refractivity contribution in [3.8, 4) is 0 Å². The summed E-state index contributed by atoms with van der Waals surface area (Å²) in [5.41, 5.74) is 7.40. The zero-order chi connectivity index (χ0) is 15.5. The first kappa shape index (κ1) is 15.1. The number of carbonyl (C=O) groups is 1. The number of rotatable bonds is 4. The Bertz CT molecular complexity index is 644. The number of carbonyl (C=O) groups excluding carboxylic acids is 1. The molecular formula is C16H18ClN3O2. The van der Waals surface area contributed by atoms with Crippen LogP contribution in [0.4, 0.5) is 0 Å². The first-order valence-electron chi connectivity index (χ1n) is 7.33. The lowest BCUT2D eigenvalue weighted by molar-refractivity contribution is -0.130. The van der Waals surface area contributed by atoms with Crippen molar-refractivity contribution in [2.45, 2.75) is 24.8 Å². The summed E-state index contributed by atoms with van der Waals surface area (Å²) in [6, 6.07) is 11.7. The van der Waals surface area contributed by atoms with E-state index < -0.39 is 0 Å². The normalized spacial score (nSPS) is 21.3. The molecule has 0 saturated carbocycles. The molecule has 0 unspecified atom stereocenters. The molecule has 3 rings (SSSR count). The van der Waals surface area contributed by atoms with E-state index in [-0.39, 0.29) is 17.9 Å². The van der Waals surface area contributed by atoms with Crippen LogP contribution in [0.15, 0.2) is 40.9 Å². The van der Waals surface area contributed by atoms with Gasteiger partial charge in [-0.3, -0.25) is 4.79 Å². The lowest BCUT2D eigenvalue weighted by atomic mass is 9.95. The summed E-state index contributed by atoms with van der Waals surface area (Å²) >= 11 is 5.69. The molecule has 6 heteroatoms. The number of aromatic nitrogens is 1. The van der Waals surface area contributed by atoms with Crippen molar-refractivity contribution in [3.63, 3.8) is 0 Å². The maximum atomic E-state index is 12.3. The Hall–Kier alpha value is -1.85. The van der Waals surface area contributed by atoms with Crippen LogP contribution in [0.2, 0.25) is 5.15 Å². The highest BCUT2D eigenvalue weighted by Crippen LogP contribution is 2.26. The van der Waals surface area contributed by atoms with Gasteiger partial charge in [-0.25, -0.2) is 0 Å². The first-order chi connectivity index (χ1) is 10.6. The topological polar surface area (TPSA) is 72.4 Å². The number of benzene rings is 1. The minimum atomic E-state index is -0.0222. The molecule has 0 aliphatic carbocycles. The fourth-order valence-corrected chi connectivity index (χ4v) is 3.04. The zero-order valence-corrected chi connectivity index (χ0v) is 12.9. The Labute approximate surface area is 134 Å². The molecule has 1 aromatic heterocycles. The van der Waals surface area contributed by atoms with E-state index in [1.807, 2.05) is 23.1 Å². The summed E-state index contributed by atoms with van der Waals surface area (Å²) in [7, 11) is 0. The summed E-state index contributed by atoms with van der Waals surface area (Å²) < 4.78 is 5.01. The van der Waals surface area contributed by atoms with Crippen LogP contribution < -0.4 is 5.73 Å². The molecule has 116 valence electrons. The monoisotopic (exact) mass is 319 g/mol. The van der Waals surface area contributed by atoms with Gasteiger partial charge < -0.3 is 15.2 Å². The van der Waals surface area contributed by atoms with Crippen LogP contribution in [0, 0.1) is 0 Å². The number of nitrogens with zero attached hydrogens (tertiary/aromatic N) is 2. The van der Waals surface area contributed by atoms with Crippen LogP contribution in [0.1, 0.15) is 23.7 Å². The maximum Gasteiger partial charge on any atom is 0.223 e. The molecule has 0 bridgehead atoms. The van der Waals surface area contributed by atoms with Crippen LogP contribution in [-0.2, 0) is 11.2 Å². The van der Waals surface area contributed by atoms with Crippen molar-refractivity contribution in [1.29, 1.82) is 0 Å². The highest BCUT2D eigenvalue weighted by molar-refractivity contribution is 6.29. The number of aryl methyl sites for hydroxylation is 1. The molecule has 5 nitrogen and oxygen atoms in total. The van der Waals surface area contributed by atoms with E-state index in [9.17, 15) is 4.79 Å². The van der Waals surface area contributed by atoms with Crippen molar-refractivity contribution in [2.75, 3.05) is 13.1 Å². The van der Waals surface area contributed by atoms with E-state index in [1.54, 1.807) is 6.07 Å². The Balaban J connectivity index is 1.58. The minimum Gasteiger partial charge on any atom is -0.360 e. The third-order valence-corrected chi connectivity index (χ3v) is 4.24. The van der Waals surface area contributed by atoms with Gasteiger partial charge in [0.2, 0.25) is 5.91 Å². The number of hydrogen-bond donors (Lipinski definition) is 1. The second-order valence-corrected chi connectivity index (χ2v) is 5.98. The second-order valence-electron chi connectivity index (χ2n) is 5.60. The molecule has 1 amide bonds. The number of amides is 1. The van der Waals surface area contributed by atoms with Gasteiger partial charge in [-0.15, -0.1) is 0 Å². The molecule has 1 aliphatic heterocycles. The van der Waals surface area contributed by atoms with Crippen molar-refractivity contribution < 1.29 is 9.32 Å². The van der Waals surface area contributed by atoms with Crippen LogP contribution in [0.5, 0.6) is 0 Å². The molecule has 2 N–H and O–H groups in total. The van der Waals surface area contributed by atoms with Gasteiger partial charge in [0, 0.05) is 44.0 Å². The average Bonchev–Trinajstić information content (AvgIpc) is 3.12. The maximum absolute atomic E-state index is 12.3. The first-order valence-corrected chi connectivity index (χ1v) is 7.70. The van der Waals surface area contributed by atoms with Gasteiger partial charge in [-0.1, -0.05) is 47.1 Å². The smallest absolute Gasteiger partial charge is 0.223 e. The predicted molar refractivity (Wildman–Crippen MR) is 83.6 cm³/mol. The van der Waals surface area contributed by atoms with Gasteiger partial charge in [-0.2, -0.15) is 0 Å².